The van der Waals surface area contributed by atoms with Gasteiger partial charge in [0.05, 0.1) is 11.4 Å². The topological polar surface area (TPSA) is 68.0 Å². The number of aromatic nitrogens is 3. The molecule has 0 fully saturated rings. The molecule has 0 saturated carbocycles. The summed E-state index contributed by atoms with van der Waals surface area (Å²) in [4.78, 5) is 11.1. The normalized spacial score (nSPS) is 11.0. The summed E-state index contributed by atoms with van der Waals surface area (Å²) in [5, 5.41) is 16.6. The molecule has 2 aromatic rings. The summed E-state index contributed by atoms with van der Waals surface area (Å²) in [7, 11) is 0. The number of carbonyl (C=O) groups is 1. The Hall–Kier alpha value is -1.76. The maximum atomic E-state index is 13.1. The smallest absolute Gasteiger partial charge is 0.358 e. The predicted molar refractivity (Wildman–Crippen MR) is 70.1 cm³/mol. The molecule has 0 amide bonds. The van der Waals surface area contributed by atoms with E-state index in [0.29, 0.717) is 15.9 Å². The number of nitrogens with zero attached hydrogens (tertiary/aromatic N) is 3. The highest BCUT2D eigenvalue weighted by Gasteiger charge is 2.23. The SMILES string of the molecule is CC(C)c1c(C(=O)O)nnn1-c1ccc(F)cc1Br. The van der Waals surface area contributed by atoms with E-state index in [9.17, 15) is 9.18 Å². The van der Waals surface area contributed by atoms with Crippen LogP contribution >= 0.6 is 15.9 Å². The fourth-order valence-electron chi connectivity index (χ4n) is 1.79. The minimum atomic E-state index is -1.13. The zero-order chi connectivity index (χ0) is 14.2. The maximum Gasteiger partial charge on any atom is 0.358 e. The van der Waals surface area contributed by atoms with Crippen molar-refractivity contribution in [3.8, 4) is 5.69 Å². The van der Waals surface area contributed by atoms with E-state index in [1.165, 1.54) is 22.9 Å². The third kappa shape index (κ3) is 2.51. The van der Waals surface area contributed by atoms with Crippen molar-refractivity contribution in [2.75, 3.05) is 0 Å². The summed E-state index contributed by atoms with van der Waals surface area (Å²) < 4.78 is 15.0. The van der Waals surface area contributed by atoms with Crippen LogP contribution in [0.25, 0.3) is 5.69 Å². The standard InChI is InChI=1S/C12H11BrFN3O2/c1-6(2)11-10(12(18)19)15-16-17(11)9-4-3-7(14)5-8(9)13/h3-6H,1-2H3,(H,18,19). The fraction of sp³-hybridized carbons (Fsp3) is 0.250. The molecule has 100 valence electrons. The molecular weight excluding hydrogens is 317 g/mol. The molecule has 1 N–H and O–H groups in total. The summed E-state index contributed by atoms with van der Waals surface area (Å²) in [5.74, 6) is -1.61. The van der Waals surface area contributed by atoms with Gasteiger partial charge in [-0.05, 0) is 40.0 Å². The second kappa shape index (κ2) is 5.08. The number of carboxylic acids is 1. The number of benzene rings is 1. The molecule has 2 rings (SSSR count). The van der Waals surface area contributed by atoms with Gasteiger partial charge in [0.1, 0.15) is 5.82 Å². The van der Waals surface area contributed by atoms with Gasteiger partial charge in [0.25, 0.3) is 0 Å². The summed E-state index contributed by atoms with van der Waals surface area (Å²) >= 11 is 3.24. The van der Waals surface area contributed by atoms with Crippen molar-refractivity contribution in [1.82, 2.24) is 15.0 Å². The number of rotatable bonds is 3. The molecule has 0 aliphatic carbocycles. The van der Waals surface area contributed by atoms with Gasteiger partial charge in [-0.15, -0.1) is 5.10 Å². The third-order valence-electron chi connectivity index (χ3n) is 2.59. The molecule has 0 atom stereocenters. The number of aromatic carboxylic acids is 1. The Morgan fingerprint density at radius 2 is 2.16 bits per heavy atom. The van der Waals surface area contributed by atoms with Crippen LogP contribution in [0.2, 0.25) is 0 Å². The van der Waals surface area contributed by atoms with Gasteiger partial charge in [-0.25, -0.2) is 13.9 Å². The van der Waals surface area contributed by atoms with Gasteiger partial charge in [0.15, 0.2) is 5.69 Å². The molecule has 0 unspecified atom stereocenters. The van der Waals surface area contributed by atoms with Crippen LogP contribution in [0.3, 0.4) is 0 Å². The first kappa shape index (κ1) is 13.7. The van der Waals surface area contributed by atoms with Crippen molar-refractivity contribution >= 4 is 21.9 Å². The number of halogens is 2. The molecule has 0 saturated heterocycles. The van der Waals surface area contributed by atoms with Gasteiger partial charge in [0, 0.05) is 4.47 Å². The largest absolute Gasteiger partial charge is 0.476 e. The Labute approximate surface area is 117 Å². The van der Waals surface area contributed by atoms with E-state index in [2.05, 4.69) is 26.2 Å². The molecule has 0 aliphatic heterocycles. The first-order valence-electron chi connectivity index (χ1n) is 5.56. The summed E-state index contributed by atoms with van der Waals surface area (Å²) in [6, 6.07) is 4.10. The molecule has 7 heteroatoms. The van der Waals surface area contributed by atoms with E-state index in [1.807, 2.05) is 13.8 Å². The van der Waals surface area contributed by atoms with Crippen molar-refractivity contribution in [1.29, 1.82) is 0 Å². The van der Waals surface area contributed by atoms with Crippen LogP contribution in [0.15, 0.2) is 22.7 Å². The van der Waals surface area contributed by atoms with Crippen LogP contribution in [0.4, 0.5) is 4.39 Å². The minimum Gasteiger partial charge on any atom is -0.476 e. The third-order valence-corrected chi connectivity index (χ3v) is 3.23. The van der Waals surface area contributed by atoms with Crippen LogP contribution in [0.1, 0.15) is 35.9 Å². The van der Waals surface area contributed by atoms with E-state index < -0.39 is 5.97 Å². The first-order chi connectivity index (χ1) is 8.91. The molecule has 0 aliphatic rings. The Kier molecular flexibility index (Phi) is 3.66. The minimum absolute atomic E-state index is 0.0851. The van der Waals surface area contributed by atoms with E-state index in [0.717, 1.165) is 0 Å². The van der Waals surface area contributed by atoms with Crippen LogP contribution in [-0.4, -0.2) is 26.1 Å². The zero-order valence-electron chi connectivity index (χ0n) is 10.3. The molecule has 0 spiro atoms. The fourth-order valence-corrected chi connectivity index (χ4v) is 2.31. The second-order valence-electron chi connectivity index (χ2n) is 4.29. The Bertz CT molecular complexity index is 640. The first-order valence-corrected chi connectivity index (χ1v) is 6.35. The number of hydrogen-bond acceptors (Lipinski definition) is 3. The Balaban J connectivity index is 2.65. The van der Waals surface area contributed by atoms with E-state index in [1.54, 1.807) is 0 Å². The summed E-state index contributed by atoms with van der Waals surface area (Å²) in [6.45, 7) is 3.69. The lowest BCUT2D eigenvalue weighted by Crippen LogP contribution is -2.09. The van der Waals surface area contributed by atoms with E-state index in [-0.39, 0.29) is 17.4 Å². The summed E-state index contributed by atoms with van der Waals surface area (Å²) in [5.41, 5.74) is 0.927. The Morgan fingerprint density at radius 1 is 1.47 bits per heavy atom. The molecule has 1 heterocycles. The van der Waals surface area contributed by atoms with Crippen LogP contribution in [-0.2, 0) is 0 Å². The molecule has 19 heavy (non-hydrogen) atoms. The van der Waals surface area contributed by atoms with Crippen LogP contribution in [0, 0.1) is 5.82 Å². The van der Waals surface area contributed by atoms with Crippen molar-refractivity contribution in [3.63, 3.8) is 0 Å². The lowest BCUT2D eigenvalue weighted by Gasteiger charge is -2.11. The van der Waals surface area contributed by atoms with E-state index in [4.69, 9.17) is 5.11 Å². The second-order valence-corrected chi connectivity index (χ2v) is 5.15. The molecule has 1 aromatic heterocycles. The van der Waals surface area contributed by atoms with Crippen LogP contribution < -0.4 is 0 Å². The quantitative estimate of drug-likeness (QED) is 0.940. The van der Waals surface area contributed by atoms with Gasteiger partial charge >= 0.3 is 5.97 Å². The molecule has 5 nitrogen and oxygen atoms in total. The lowest BCUT2D eigenvalue weighted by atomic mass is 10.1. The van der Waals surface area contributed by atoms with Crippen LogP contribution in [0.5, 0.6) is 0 Å². The highest BCUT2D eigenvalue weighted by atomic mass is 79.9. The highest BCUT2D eigenvalue weighted by Crippen LogP contribution is 2.26. The maximum absolute atomic E-state index is 13.1. The van der Waals surface area contributed by atoms with Gasteiger partial charge in [-0.1, -0.05) is 19.1 Å². The molecular formula is C12H11BrFN3O2. The van der Waals surface area contributed by atoms with Crippen molar-refractivity contribution in [2.45, 2.75) is 19.8 Å². The lowest BCUT2D eigenvalue weighted by molar-refractivity contribution is 0.0688. The predicted octanol–water partition coefficient (Wildman–Crippen LogP) is 2.99. The number of hydrogen-bond donors (Lipinski definition) is 1. The van der Waals surface area contributed by atoms with Crippen molar-refractivity contribution in [3.05, 3.63) is 39.9 Å². The average molecular weight is 328 g/mol. The Morgan fingerprint density at radius 3 is 2.68 bits per heavy atom. The van der Waals surface area contributed by atoms with E-state index >= 15 is 0 Å². The summed E-state index contributed by atoms with van der Waals surface area (Å²) in [6.07, 6.45) is 0. The molecule has 0 radical (unpaired) electrons. The average Bonchev–Trinajstić information content (AvgIpc) is 2.73. The number of carboxylic acid groups (broad SMARTS) is 1. The van der Waals surface area contributed by atoms with Gasteiger partial charge in [0.2, 0.25) is 0 Å². The zero-order valence-corrected chi connectivity index (χ0v) is 11.8. The highest BCUT2D eigenvalue weighted by molar-refractivity contribution is 9.10. The van der Waals surface area contributed by atoms with Gasteiger partial charge < -0.3 is 5.11 Å². The van der Waals surface area contributed by atoms with Crippen molar-refractivity contribution < 1.29 is 14.3 Å². The molecule has 1 aromatic carbocycles. The van der Waals surface area contributed by atoms with Crippen molar-refractivity contribution in [2.24, 2.45) is 0 Å². The van der Waals surface area contributed by atoms with Gasteiger partial charge in [-0.3, -0.25) is 0 Å². The van der Waals surface area contributed by atoms with Gasteiger partial charge in [-0.2, -0.15) is 0 Å². The molecule has 0 bridgehead atoms. The monoisotopic (exact) mass is 327 g/mol.